The zero-order valence-electron chi connectivity index (χ0n) is 12.0. The number of carboxylic acid groups (broad SMARTS) is 1. The third-order valence-electron chi connectivity index (χ3n) is 3.86. The Kier molecular flexibility index (Phi) is 4.72. The minimum atomic E-state index is -3.69. The number of sulfonamides is 1. The maximum Gasteiger partial charge on any atom is 0.311 e. The van der Waals surface area contributed by atoms with Gasteiger partial charge in [0, 0.05) is 24.6 Å². The number of carbonyl (C=O) groups is 1. The average molecular weight is 333 g/mol. The number of aliphatic carboxylic acids is 1. The molecule has 0 bridgehead atoms. The van der Waals surface area contributed by atoms with E-state index >= 15 is 0 Å². The van der Waals surface area contributed by atoms with Crippen LogP contribution in [0, 0.1) is 19.3 Å². The molecule has 21 heavy (non-hydrogen) atoms. The molecule has 6 nitrogen and oxygen atoms in total. The van der Waals surface area contributed by atoms with Crippen LogP contribution in [-0.4, -0.2) is 39.3 Å². The van der Waals surface area contributed by atoms with Crippen LogP contribution in [0.5, 0.6) is 0 Å². The molecule has 0 saturated carbocycles. The van der Waals surface area contributed by atoms with E-state index < -0.39 is 21.4 Å². The van der Waals surface area contributed by atoms with E-state index in [1.165, 1.54) is 11.3 Å². The Morgan fingerprint density at radius 1 is 1.43 bits per heavy atom. The minimum Gasteiger partial charge on any atom is -0.481 e. The number of carboxylic acids is 1. The van der Waals surface area contributed by atoms with Gasteiger partial charge in [0.15, 0.2) is 0 Å². The van der Waals surface area contributed by atoms with Crippen LogP contribution in [0.4, 0.5) is 0 Å². The number of nitrogens with one attached hydrogen (secondary N) is 1. The molecule has 0 aliphatic carbocycles. The Balaban J connectivity index is 2.19. The van der Waals surface area contributed by atoms with Crippen LogP contribution in [0.25, 0.3) is 0 Å². The molecule has 2 rings (SSSR count). The summed E-state index contributed by atoms with van der Waals surface area (Å²) in [6.45, 7) is 4.05. The number of ether oxygens (including phenoxy) is 1. The first-order chi connectivity index (χ1) is 9.78. The SMILES string of the molecule is Cc1csc(C)c1S(=O)(=O)NCC1(C(=O)O)CCOCC1. The summed E-state index contributed by atoms with van der Waals surface area (Å²) >= 11 is 1.37. The van der Waals surface area contributed by atoms with Crippen LogP contribution in [-0.2, 0) is 19.6 Å². The summed E-state index contributed by atoms with van der Waals surface area (Å²) in [6, 6.07) is 0. The molecule has 1 fully saturated rings. The molecule has 0 spiro atoms. The summed E-state index contributed by atoms with van der Waals surface area (Å²) in [5.74, 6) is -0.979. The molecule has 1 aromatic rings. The fourth-order valence-corrected chi connectivity index (χ4v) is 5.26. The maximum absolute atomic E-state index is 12.4. The molecule has 0 radical (unpaired) electrons. The summed E-state index contributed by atoms with van der Waals surface area (Å²) in [4.78, 5) is 12.5. The minimum absolute atomic E-state index is 0.108. The van der Waals surface area contributed by atoms with E-state index in [9.17, 15) is 18.3 Å². The molecule has 0 amide bonds. The van der Waals surface area contributed by atoms with Crippen molar-refractivity contribution in [1.29, 1.82) is 0 Å². The summed E-state index contributed by atoms with van der Waals surface area (Å²) in [7, 11) is -3.69. The van der Waals surface area contributed by atoms with Gasteiger partial charge in [0.25, 0.3) is 0 Å². The fourth-order valence-electron chi connectivity index (χ4n) is 2.50. The molecule has 8 heteroatoms. The third-order valence-corrected chi connectivity index (χ3v) is 6.71. The first-order valence-electron chi connectivity index (χ1n) is 6.64. The summed E-state index contributed by atoms with van der Waals surface area (Å²) in [5, 5.41) is 11.2. The predicted octanol–water partition coefficient (Wildman–Crippen LogP) is 1.52. The highest BCUT2D eigenvalue weighted by Crippen LogP contribution is 2.31. The third kappa shape index (κ3) is 3.28. The Hall–Kier alpha value is -0.960. The van der Waals surface area contributed by atoms with Gasteiger partial charge in [-0.05, 0) is 37.6 Å². The van der Waals surface area contributed by atoms with Crippen molar-refractivity contribution < 1.29 is 23.1 Å². The molecule has 1 saturated heterocycles. The highest BCUT2D eigenvalue weighted by atomic mass is 32.2. The molecular formula is C13H19NO5S2. The summed E-state index contributed by atoms with van der Waals surface area (Å²) in [5.41, 5.74) is -0.398. The van der Waals surface area contributed by atoms with Crippen LogP contribution >= 0.6 is 11.3 Å². The molecule has 1 aliphatic heterocycles. The Labute approximate surface area is 128 Å². The molecule has 1 aliphatic rings. The van der Waals surface area contributed by atoms with Crippen LogP contribution < -0.4 is 4.72 Å². The van der Waals surface area contributed by atoms with E-state index in [0.717, 1.165) is 0 Å². The van der Waals surface area contributed by atoms with Crippen LogP contribution in [0.3, 0.4) is 0 Å². The van der Waals surface area contributed by atoms with Crippen molar-refractivity contribution in [2.24, 2.45) is 5.41 Å². The van der Waals surface area contributed by atoms with Crippen molar-refractivity contribution in [2.45, 2.75) is 31.6 Å². The molecule has 0 aromatic carbocycles. The van der Waals surface area contributed by atoms with Crippen molar-refractivity contribution in [3.05, 3.63) is 15.8 Å². The molecular weight excluding hydrogens is 314 g/mol. The smallest absolute Gasteiger partial charge is 0.311 e. The van der Waals surface area contributed by atoms with Crippen LogP contribution in [0.1, 0.15) is 23.3 Å². The lowest BCUT2D eigenvalue weighted by Gasteiger charge is -2.33. The lowest BCUT2D eigenvalue weighted by atomic mass is 9.80. The van der Waals surface area contributed by atoms with Crippen LogP contribution in [0.15, 0.2) is 10.3 Å². The number of hydrogen-bond acceptors (Lipinski definition) is 5. The van der Waals surface area contributed by atoms with E-state index in [4.69, 9.17) is 4.74 Å². The quantitative estimate of drug-likeness (QED) is 0.852. The van der Waals surface area contributed by atoms with Gasteiger partial charge in [0.1, 0.15) is 0 Å². The zero-order chi connectivity index (χ0) is 15.7. The van der Waals surface area contributed by atoms with Gasteiger partial charge >= 0.3 is 5.97 Å². The van der Waals surface area contributed by atoms with Crippen LogP contribution in [0.2, 0.25) is 0 Å². The standard InChI is InChI=1S/C13H19NO5S2/c1-9-7-20-10(2)11(9)21(17,18)14-8-13(12(15)16)3-5-19-6-4-13/h7,14H,3-6,8H2,1-2H3,(H,15,16). The number of rotatable bonds is 5. The van der Waals surface area contributed by atoms with Crippen molar-refractivity contribution in [3.8, 4) is 0 Å². The Morgan fingerprint density at radius 2 is 2.05 bits per heavy atom. The van der Waals surface area contributed by atoms with E-state index in [0.29, 0.717) is 36.5 Å². The van der Waals surface area contributed by atoms with Gasteiger partial charge in [-0.15, -0.1) is 11.3 Å². The van der Waals surface area contributed by atoms with Crippen molar-refractivity contribution in [2.75, 3.05) is 19.8 Å². The Bertz CT molecular complexity index is 609. The van der Waals surface area contributed by atoms with E-state index in [1.54, 1.807) is 19.2 Å². The second-order valence-corrected chi connectivity index (χ2v) is 8.11. The van der Waals surface area contributed by atoms with Gasteiger partial charge in [-0.25, -0.2) is 13.1 Å². The number of hydrogen-bond donors (Lipinski definition) is 2. The highest BCUT2D eigenvalue weighted by Gasteiger charge is 2.41. The van der Waals surface area contributed by atoms with Crippen molar-refractivity contribution >= 4 is 27.3 Å². The van der Waals surface area contributed by atoms with Crippen molar-refractivity contribution in [1.82, 2.24) is 4.72 Å². The van der Waals surface area contributed by atoms with E-state index in [-0.39, 0.29) is 11.4 Å². The fraction of sp³-hybridized carbons (Fsp3) is 0.615. The molecule has 2 N–H and O–H groups in total. The average Bonchev–Trinajstić information content (AvgIpc) is 2.77. The van der Waals surface area contributed by atoms with Crippen molar-refractivity contribution in [3.63, 3.8) is 0 Å². The predicted molar refractivity (Wildman–Crippen MR) is 79.1 cm³/mol. The Morgan fingerprint density at radius 3 is 2.52 bits per heavy atom. The lowest BCUT2D eigenvalue weighted by molar-refractivity contribution is -0.154. The van der Waals surface area contributed by atoms with Gasteiger partial charge < -0.3 is 9.84 Å². The molecule has 0 atom stereocenters. The maximum atomic E-state index is 12.4. The topological polar surface area (TPSA) is 92.7 Å². The zero-order valence-corrected chi connectivity index (χ0v) is 13.6. The molecule has 1 aromatic heterocycles. The van der Waals surface area contributed by atoms with Gasteiger partial charge in [0.05, 0.1) is 10.3 Å². The largest absolute Gasteiger partial charge is 0.481 e. The van der Waals surface area contributed by atoms with Gasteiger partial charge in [-0.2, -0.15) is 0 Å². The highest BCUT2D eigenvalue weighted by molar-refractivity contribution is 7.89. The summed E-state index contributed by atoms with van der Waals surface area (Å²) in [6.07, 6.45) is 0.624. The van der Waals surface area contributed by atoms with E-state index in [2.05, 4.69) is 4.72 Å². The molecule has 2 heterocycles. The van der Waals surface area contributed by atoms with Gasteiger partial charge in [0.2, 0.25) is 10.0 Å². The summed E-state index contributed by atoms with van der Waals surface area (Å²) < 4.78 is 32.5. The second-order valence-electron chi connectivity index (χ2n) is 5.33. The van der Waals surface area contributed by atoms with E-state index in [1.807, 2.05) is 0 Å². The number of thiophene rings is 1. The van der Waals surface area contributed by atoms with Gasteiger partial charge in [-0.1, -0.05) is 0 Å². The van der Waals surface area contributed by atoms with Gasteiger partial charge in [-0.3, -0.25) is 4.79 Å². The number of aryl methyl sites for hydroxylation is 2. The monoisotopic (exact) mass is 333 g/mol. The second kappa shape index (κ2) is 6.04. The molecule has 118 valence electrons. The normalized spacial score (nSPS) is 18.6. The lowest BCUT2D eigenvalue weighted by Crippen LogP contribution is -2.46. The first-order valence-corrected chi connectivity index (χ1v) is 9.00. The first kappa shape index (κ1) is 16.4. The molecule has 0 unspecified atom stereocenters.